The highest BCUT2D eigenvalue weighted by molar-refractivity contribution is 5.87. The molecule has 2 fully saturated rings. The lowest BCUT2D eigenvalue weighted by Gasteiger charge is -2.40. The van der Waals surface area contributed by atoms with Crippen molar-refractivity contribution in [3.8, 4) is 0 Å². The number of ether oxygens (including phenoxy) is 1. The van der Waals surface area contributed by atoms with Crippen LogP contribution >= 0.6 is 0 Å². The summed E-state index contributed by atoms with van der Waals surface area (Å²) in [5, 5.41) is 0. The van der Waals surface area contributed by atoms with Crippen LogP contribution in [-0.4, -0.2) is 12.6 Å². The molecule has 2 aliphatic rings. The molecule has 0 aromatic carbocycles. The van der Waals surface area contributed by atoms with Crippen LogP contribution in [0, 0.1) is 17.8 Å². The molecule has 2 rings (SSSR count). The standard InChI is InChI=1S/C18H30O2/c1-3-4-12-20-18(19)14(2)13-16-10-7-9-15-8-5-6-11-17(15)16/h13,15-17H,3-12H2,1-2H3. The highest BCUT2D eigenvalue weighted by Gasteiger charge is 2.33. The van der Waals surface area contributed by atoms with Crippen LogP contribution in [0.3, 0.4) is 0 Å². The Hall–Kier alpha value is -0.790. The molecule has 0 aliphatic heterocycles. The van der Waals surface area contributed by atoms with E-state index in [0.29, 0.717) is 12.5 Å². The van der Waals surface area contributed by atoms with Crippen molar-refractivity contribution in [3.05, 3.63) is 11.6 Å². The van der Waals surface area contributed by atoms with Crippen molar-refractivity contribution in [3.63, 3.8) is 0 Å². The fourth-order valence-corrected chi connectivity index (χ4v) is 4.01. The fourth-order valence-electron chi connectivity index (χ4n) is 4.01. The van der Waals surface area contributed by atoms with Crippen molar-refractivity contribution in [2.24, 2.45) is 17.8 Å². The second-order valence-corrected chi connectivity index (χ2v) is 6.64. The first-order valence-electron chi connectivity index (χ1n) is 8.58. The Bertz CT molecular complexity index is 343. The lowest BCUT2D eigenvalue weighted by atomic mass is 9.65. The summed E-state index contributed by atoms with van der Waals surface area (Å²) in [5.41, 5.74) is 0.831. The van der Waals surface area contributed by atoms with E-state index in [4.69, 9.17) is 4.74 Å². The average Bonchev–Trinajstić information content (AvgIpc) is 2.47. The second kappa shape index (κ2) is 7.85. The maximum Gasteiger partial charge on any atom is 0.333 e. The van der Waals surface area contributed by atoms with Gasteiger partial charge in [0.2, 0.25) is 0 Å². The van der Waals surface area contributed by atoms with Crippen molar-refractivity contribution in [2.45, 2.75) is 71.6 Å². The van der Waals surface area contributed by atoms with Crippen LogP contribution in [0.1, 0.15) is 71.6 Å². The SMILES string of the molecule is CCCCOC(=O)C(C)=CC1CCCC2CCCCC12. The van der Waals surface area contributed by atoms with Crippen LogP contribution in [0.4, 0.5) is 0 Å². The van der Waals surface area contributed by atoms with Crippen molar-refractivity contribution < 1.29 is 9.53 Å². The number of allylic oxidation sites excluding steroid dienone is 1. The van der Waals surface area contributed by atoms with E-state index in [1.165, 1.54) is 44.9 Å². The third-order valence-corrected chi connectivity index (χ3v) is 5.15. The smallest absolute Gasteiger partial charge is 0.333 e. The van der Waals surface area contributed by atoms with Crippen LogP contribution in [0.25, 0.3) is 0 Å². The van der Waals surface area contributed by atoms with Gasteiger partial charge >= 0.3 is 5.97 Å². The van der Waals surface area contributed by atoms with E-state index >= 15 is 0 Å². The number of esters is 1. The molecule has 0 amide bonds. The fraction of sp³-hybridized carbons (Fsp3) is 0.833. The first-order chi connectivity index (χ1) is 9.72. The van der Waals surface area contributed by atoms with Gasteiger partial charge in [-0.25, -0.2) is 4.79 Å². The van der Waals surface area contributed by atoms with E-state index in [9.17, 15) is 4.79 Å². The summed E-state index contributed by atoms with van der Waals surface area (Å²) in [6, 6.07) is 0. The monoisotopic (exact) mass is 278 g/mol. The number of carbonyl (C=O) groups excluding carboxylic acids is 1. The number of fused-ring (bicyclic) bond motifs is 1. The van der Waals surface area contributed by atoms with Crippen molar-refractivity contribution in [2.75, 3.05) is 6.61 Å². The Morgan fingerprint density at radius 3 is 2.70 bits per heavy atom. The van der Waals surface area contributed by atoms with Gasteiger partial charge in [0, 0.05) is 5.57 Å². The van der Waals surface area contributed by atoms with Gasteiger partial charge in [-0.1, -0.05) is 51.5 Å². The molecule has 0 aromatic rings. The molecule has 0 bridgehead atoms. The number of rotatable bonds is 5. The molecular weight excluding hydrogens is 248 g/mol. The summed E-state index contributed by atoms with van der Waals surface area (Å²) in [7, 11) is 0. The molecule has 2 nitrogen and oxygen atoms in total. The van der Waals surface area contributed by atoms with Crippen LogP contribution in [0.5, 0.6) is 0 Å². The molecule has 114 valence electrons. The number of hydrogen-bond donors (Lipinski definition) is 0. The summed E-state index contributed by atoms with van der Waals surface area (Å²) < 4.78 is 5.31. The van der Waals surface area contributed by atoms with Gasteiger partial charge in [0.1, 0.15) is 0 Å². The van der Waals surface area contributed by atoms with Gasteiger partial charge in [-0.15, -0.1) is 0 Å². The molecular formula is C18H30O2. The zero-order valence-electron chi connectivity index (χ0n) is 13.2. The Morgan fingerprint density at radius 2 is 1.90 bits per heavy atom. The molecule has 2 aliphatic carbocycles. The van der Waals surface area contributed by atoms with Gasteiger partial charge in [-0.05, 0) is 43.9 Å². The quantitative estimate of drug-likeness (QED) is 0.407. The maximum atomic E-state index is 12.0. The Balaban J connectivity index is 1.91. The summed E-state index contributed by atoms with van der Waals surface area (Å²) in [6.07, 6.45) is 13.8. The van der Waals surface area contributed by atoms with Gasteiger partial charge < -0.3 is 4.74 Å². The summed E-state index contributed by atoms with van der Waals surface area (Å²) in [5.74, 6) is 2.27. The van der Waals surface area contributed by atoms with Gasteiger partial charge in [0.25, 0.3) is 0 Å². The molecule has 0 heterocycles. The number of carbonyl (C=O) groups is 1. The van der Waals surface area contributed by atoms with Crippen LogP contribution in [-0.2, 0) is 9.53 Å². The molecule has 20 heavy (non-hydrogen) atoms. The topological polar surface area (TPSA) is 26.3 Å². The average molecular weight is 278 g/mol. The maximum absolute atomic E-state index is 12.0. The highest BCUT2D eigenvalue weighted by Crippen LogP contribution is 2.44. The minimum atomic E-state index is -0.101. The molecule has 0 radical (unpaired) electrons. The van der Waals surface area contributed by atoms with E-state index in [1.54, 1.807) is 0 Å². The largest absolute Gasteiger partial charge is 0.462 e. The number of hydrogen-bond acceptors (Lipinski definition) is 2. The second-order valence-electron chi connectivity index (χ2n) is 6.64. The minimum absolute atomic E-state index is 0.101. The van der Waals surface area contributed by atoms with E-state index in [-0.39, 0.29) is 5.97 Å². The molecule has 0 N–H and O–H groups in total. The van der Waals surface area contributed by atoms with Crippen LogP contribution in [0.2, 0.25) is 0 Å². The Morgan fingerprint density at radius 1 is 1.15 bits per heavy atom. The lowest BCUT2D eigenvalue weighted by molar-refractivity contribution is -0.139. The first kappa shape index (κ1) is 15.6. The Labute approximate surface area is 124 Å². The predicted molar refractivity (Wildman–Crippen MR) is 82.4 cm³/mol. The molecule has 0 saturated heterocycles. The van der Waals surface area contributed by atoms with Gasteiger partial charge in [0.15, 0.2) is 0 Å². The zero-order valence-corrected chi connectivity index (χ0v) is 13.2. The summed E-state index contributed by atoms with van der Waals surface area (Å²) in [4.78, 5) is 12.0. The lowest BCUT2D eigenvalue weighted by Crippen LogP contribution is -2.30. The Kier molecular flexibility index (Phi) is 6.12. The summed E-state index contributed by atoms with van der Waals surface area (Å²) in [6.45, 7) is 4.61. The molecule has 3 unspecified atom stereocenters. The van der Waals surface area contributed by atoms with E-state index in [0.717, 1.165) is 30.3 Å². The normalized spacial score (nSPS) is 30.7. The molecule has 0 aromatic heterocycles. The van der Waals surface area contributed by atoms with Crippen molar-refractivity contribution in [1.29, 1.82) is 0 Å². The predicted octanol–water partition coefficient (Wildman–Crippen LogP) is 4.88. The van der Waals surface area contributed by atoms with Crippen molar-refractivity contribution in [1.82, 2.24) is 0 Å². The highest BCUT2D eigenvalue weighted by atomic mass is 16.5. The van der Waals surface area contributed by atoms with E-state index in [1.807, 2.05) is 6.92 Å². The number of unbranched alkanes of at least 4 members (excludes halogenated alkanes) is 1. The third-order valence-electron chi connectivity index (χ3n) is 5.15. The van der Waals surface area contributed by atoms with Crippen molar-refractivity contribution >= 4 is 5.97 Å². The van der Waals surface area contributed by atoms with Gasteiger partial charge in [-0.2, -0.15) is 0 Å². The van der Waals surface area contributed by atoms with Gasteiger partial charge in [0.05, 0.1) is 6.61 Å². The third kappa shape index (κ3) is 4.10. The summed E-state index contributed by atoms with van der Waals surface area (Å²) >= 11 is 0. The van der Waals surface area contributed by atoms with E-state index < -0.39 is 0 Å². The van der Waals surface area contributed by atoms with Crippen LogP contribution in [0.15, 0.2) is 11.6 Å². The van der Waals surface area contributed by atoms with E-state index in [2.05, 4.69) is 13.0 Å². The molecule has 2 saturated carbocycles. The molecule has 3 atom stereocenters. The molecule has 0 spiro atoms. The molecule has 2 heteroatoms. The van der Waals surface area contributed by atoms with Gasteiger partial charge in [-0.3, -0.25) is 0 Å². The minimum Gasteiger partial charge on any atom is -0.462 e. The zero-order chi connectivity index (χ0) is 14.4. The first-order valence-corrected chi connectivity index (χ1v) is 8.58. The van der Waals surface area contributed by atoms with Crippen LogP contribution < -0.4 is 0 Å².